The molecular formula is C13H16N6O3. The zero-order valence-corrected chi connectivity index (χ0v) is 12.2. The molecule has 116 valence electrons. The molecule has 1 unspecified atom stereocenters. The Balaban J connectivity index is 2.42. The van der Waals surface area contributed by atoms with Gasteiger partial charge in [0.1, 0.15) is 18.3 Å². The minimum Gasteiger partial charge on any atom is -0.338 e. The van der Waals surface area contributed by atoms with Gasteiger partial charge in [-0.3, -0.25) is 14.9 Å². The van der Waals surface area contributed by atoms with E-state index in [1.165, 1.54) is 40.4 Å². The average molecular weight is 304 g/mol. The Morgan fingerprint density at radius 1 is 1.55 bits per heavy atom. The van der Waals surface area contributed by atoms with Gasteiger partial charge < -0.3 is 10.6 Å². The maximum Gasteiger partial charge on any atom is 0.295 e. The average Bonchev–Trinajstić information content (AvgIpc) is 3.06. The Hall–Kier alpha value is -2.81. The van der Waals surface area contributed by atoms with Crippen LogP contribution in [0.2, 0.25) is 0 Å². The Morgan fingerprint density at radius 3 is 2.82 bits per heavy atom. The van der Waals surface area contributed by atoms with E-state index in [0.717, 1.165) is 0 Å². The molecule has 2 rings (SSSR count). The summed E-state index contributed by atoms with van der Waals surface area (Å²) in [6.07, 6.45) is 2.63. The van der Waals surface area contributed by atoms with Crippen molar-refractivity contribution in [1.29, 1.82) is 0 Å². The van der Waals surface area contributed by atoms with Crippen molar-refractivity contribution in [2.75, 3.05) is 13.6 Å². The van der Waals surface area contributed by atoms with Crippen molar-refractivity contribution in [3.8, 4) is 5.69 Å². The number of nitro groups is 1. The van der Waals surface area contributed by atoms with E-state index in [1.54, 1.807) is 14.0 Å². The molecule has 1 amide bonds. The fourth-order valence-electron chi connectivity index (χ4n) is 1.89. The van der Waals surface area contributed by atoms with E-state index in [1.807, 2.05) is 0 Å². The van der Waals surface area contributed by atoms with Gasteiger partial charge in [0.25, 0.3) is 11.6 Å². The molecule has 0 radical (unpaired) electrons. The van der Waals surface area contributed by atoms with Gasteiger partial charge in [0.15, 0.2) is 0 Å². The highest BCUT2D eigenvalue weighted by atomic mass is 16.6. The van der Waals surface area contributed by atoms with Gasteiger partial charge in [-0.2, -0.15) is 5.10 Å². The fraction of sp³-hybridized carbons (Fsp3) is 0.308. The van der Waals surface area contributed by atoms with Crippen LogP contribution in [0, 0.1) is 10.1 Å². The van der Waals surface area contributed by atoms with E-state index in [0.29, 0.717) is 6.54 Å². The first-order chi connectivity index (χ1) is 10.5. The van der Waals surface area contributed by atoms with Gasteiger partial charge in [-0.05, 0) is 19.1 Å². The lowest BCUT2D eigenvalue weighted by molar-refractivity contribution is -0.384. The largest absolute Gasteiger partial charge is 0.338 e. The minimum atomic E-state index is -0.555. The maximum atomic E-state index is 12.3. The fourth-order valence-corrected chi connectivity index (χ4v) is 1.89. The number of nitrogens with zero attached hydrogens (tertiary/aromatic N) is 5. The Bertz CT molecular complexity index is 685. The van der Waals surface area contributed by atoms with Crippen LogP contribution >= 0.6 is 0 Å². The van der Waals surface area contributed by atoms with Gasteiger partial charge in [0, 0.05) is 31.3 Å². The van der Waals surface area contributed by atoms with Crippen molar-refractivity contribution in [3.63, 3.8) is 0 Å². The lowest BCUT2D eigenvalue weighted by atomic mass is 10.1. The highest BCUT2D eigenvalue weighted by Gasteiger charge is 2.22. The molecule has 0 aliphatic heterocycles. The smallest absolute Gasteiger partial charge is 0.295 e. The summed E-state index contributed by atoms with van der Waals surface area (Å²) in [5, 5.41) is 15.1. The zero-order valence-electron chi connectivity index (χ0n) is 12.2. The third-order valence-electron chi connectivity index (χ3n) is 3.41. The second-order valence-electron chi connectivity index (χ2n) is 4.80. The van der Waals surface area contributed by atoms with Crippen LogP contribution in [0.5, 0.6) is 0 Å². The number of carbonyl (C=O) groups is 1. The number of hydrogen-bond acceptors (Lipinski definition) is 6. The lowest BCUT2D eigenvalue weighted by Crippen LogP contribution is -2.39. The topological polar surface area (TPSA) is 120 Å². The molecule has 2 aromatic rings. The molecule has 1 heterocycles. The highest BCUT2D eigenvalue weighted by molar-refractivity contribution is 5.95. The summed E-state index contributed by atoms with van der Waals surface area (Å²) < 4.78 is 1.28. The van der Waals surface area contributed by atoms with E-state index in [9.17, 15) is 14.9 Å². The molecule has 2 N–H and O–H groups in total. The van der Waals surface area contributed by atoms with Crippen LogP contribution in [0.4, 0.5) is 5.69 Å². The molecule has 0 spiro atoms. The Morgan fingerprint density at radius 2 is 2.27 bits per heavy atom. The van der Waals surface area contributed by atoms with E-state index >= 15 is 0 Å². The number of carbonyl (C=O) groups excluding carboxylic acids is 1. The summed E-state index contributed by atoms with van der Waals surface area (Å²) in [5.74, 6) is -0.328. The van der Waals surface area contributed by atoms with Crippen molar-refractivity contribution in [1.82, 2.24) is 19.7 Å². The van der Waals surface area contributed by atoms with Gasteiger partial charge in [-0.1, -0.05) is 0 Å². The van der Waals surface area contributed by atoms with Crippen LogP contribution in [-0.4, -0.2) is 50.1 Å². The third kappa shape index (κ3) is 2.93. The predicted molar refractivity (Wildman–Crippen MR) is 78.6 cm³/mol. The number of nitrogens with two attached hydrogens (primary N) is 1. The molecule has 0 aliphatic rings. The summed E-state index contributed by atoms with van der Waals surface area (Å²) in [6, 6.07) is 4.06. The van der Waals surface area contributed by atoms with E-state index in [2.05, 4.69) is 10.1 Å². The molecule has 9 heteroatoms. The van der Waals surface area contributed by atoms with Crippen LogP contribution in [0.25, 0.3) is 5.69 Å². The summed E-state index contributed by atoms with van der Waals surface area (Å²) in [7, 11) is 1.61. The van der Waals surface area contributed by atoms with Crippen molar-refractivity contribution >= 4 is 11.6 Å². The van der Waals surface area contributed by atoms with E-state index in [4.69, 9.17) is 5.73 Å². The summed E-state index contributed by atoms with van der Waals surface area (Å²) in [4.78, 5) is 28.2. The summed E-state index contributed by atoms with van der Waals surface area (Å²) in [6.45, 7) is 2.11. The van der Waals surface area contributed by atoms with Crippen molar-refractivity contribution < 1.29 is 9.72 Å². The molecule has 1 aromatic heterocycles. The van der Waals surface area contributed by atoms with Gasteiger partial charge in [0.2, 0.25) is 0 Å². The van der Waals surface area contributed by atoms with Crippen LogP contribution < -0.4 is 5.73 Å². The van der Waals surface area contributed by atoms with Crippen LogP contribution in [0.3, 0.4) is 0 Å². The van der Waals surface area contributed by atoms with E-state index in [-0.39, 0.29) is 28.9 Å². The summed E-state index contributed by atoms with van der Waals surface area (Å²) >= 11 is 0. The first-order valence-electron chi connectivity index (χ1n) is 6.56. The number of nitro benzene ring substituents is 1. The first-order valence-corrected chi connectivity index (χ1v) is 6.56. The van der Waals surface area contributed by atoms with Crippen LogP contribution in [0.1, 0.15) is 17.3 Å². The van der Waals surface area contributed by atoms with Gasteiger partial charge in [-0.15, -0.1) is 0 Å². The monoisotopic (exact) mass is 304 g/mol. The molecule has 1 aromatic carbocycles. The Kier molecular flexibility index (Phi) is 4.47. The van der Waals surface area contributed by atoms with Gasteiger partial charge >= 0.3 is 0 Å². The molecule has 0 saturated carbocycles. The number of likely N-dealkylation sites (N-methyl/N-ethyl adjacent to an activating group) is 1. The molecule has 0 saturated heterocycles. The highest BCUT2D eigenvalue weighted by Crippen LogP contribution is 2.24. The number of amides is 1. The predicted octanol–water partition coefficient (Wildman–Crippen LogP) is 0.595. The maximum absolute atomic E-state index is 12.3. The summed E-state index contributed by atoms with van der Waals surface area (Å²) in [5.41, 5.74) is 5.78. The molecule has 0 fully saturated rings. The van der Waals surface area contributed by atoms with E-state index < -0.39 is 4.92 Å². The third-order valence-corrected chi connectivity index (χ3v) is 3.41. The SMILES string of the molecule is CC(CN)N(C)C(=O)c1ccc(-n2cncn2)c([N+](=O)[O-])c1. The normalized spacial score (nSPS) is 12.0. The number of benzene rings is 1. The minimum absolute atomic E-state index is 0.165. The molecular weight excluding hydrogens is 288 g/mol. The van der Waals surface area contributed by atoms with Gasteiger partial charge in [0.05, 0.1) is 4.92 Å². The second kappa shape index (κ2) is 6.31. The van der Waals surface area contributed by atoms with Gasteiger partial charge in [-0.25, -0.2) is 9.67 Å². The lowest BCUT2D eigenvalue weighted by Gasteiger charge is -2.23. The number of rotatable bonds is 5. The first kappa shape index (κ1) is 15.6. The van der Waals surface area contributed by atoms with Crippen molar-refractivity contribution in [2.24, 2.45) is 5.73 Å². The molecule has 22 heavy (non-hydrogen) atoms. The number of hydrogen-bond donors (Lipinski definition) is 1. The molecule has 9 nitrogen and oxygen atoms in total. The van der Waals surface area contributed by atoms with Crippen LogP contribution in [0.15, 0.2) is 30.9 Å². The van der Waals surface area contributed by atoms with Crippen molar-refractivity contribution in [3.05, 3.63) is 46.5 Å². The quantitative estimate of drug-likeness (QED) is 0.637. The van der Waals surface area contributed by atoms with Crippen molar-refractivity contribution in [2.45, 2.75) is 13.0 Å². The standard InChI is InChI=1S/C13H16N6O3/c1-9(6-14)17(2)13(20)10-3-4-11(12(5-10)19(21)22)18-8-15-7-16-18/h3-5,7-9H,6,14H2,1-2H3. The molecule has 0 bridgehead atoms. The van der Waals surface area contributed by atoms with Crippen LogP contribution in [-0.2, 0) is 0 Å². The molecule has 0 aliphatic carbocycles. The zero-order chi connectivity index (χ0) is 16.3. The Labute approximate surface area is 126 Å². The second-order valence-corrected chi connectivity index (χ2v) is 4.80. The molecule has 1 atom stereocenters. The number of aromatic nitrogens is 3.